The van der Waals surface area contributed by atoms with Gasteiger partial charge < -0.3 is 20.8 Å². The van der Waals surface area contributed by atoms with E-state index in [9.17, 15) is 9.59 Å². The Balaban J connectivity index is 0.000000350. The fraction of sp³-hybridized carbons (Fsp3) is 0.259. The number of halogens is 1. The molecule has 0 bridgehead atoms. The fourth-order valence-electron chi connectivity index (χ4n) is 3.83. The smallest absolute Gasteiger partial charge is 0.303 e. The summed E-state index contributed by atoms with van der Waals surface area (Å²) in [5.74, 6) is -2.15. The molecule has 0 aromatic heterocycles. The van der Waals surface area contributed by atoms with Gasteiger partial charge in [0, 0.05) is 6.54 Å². The lowest BCUT2D eigenvalue weighted by Gasteiger charge is -2.16. The van der Waals surface area contributed by atoms with Crippen LogP contribution in [-0.4, -0.2) is 35.2 Å². The zero-order chi connectivity index (χ0) is 24.3. The van der Waals surface area contributed by atoms with Crippen LogP contribution in [0.15, 0.2) is 66.7 Å². The van der Waals surface area contributed by atoms with Crippen LogP contribution in [0.1, 0.15) is 29.5 Å². The average molecular weight is 481 g/mol. The molecule has 1 aliphatic heterocycles. The molecule has 0 radical (unpaired) electrons. The van der Waals surface area contributed by atoms with Crippen molar-refractivity contribution >= 4 is 29.2 Å². The van der Waals surface area contributed by atoms with E-state index in [1.54, 1.807) is 0 Å². The Morgan fingerprint density at radius 3 is 2.24 bits per heavy atom. The van der Waals surface area contributed by atoms with Crippen molar-refractivity contribution in [2.75, 3.05) is 18.4 Å². The molecule has 0 saturated heterocycles. The van der Waals surface area contributed by atoms with E-state index in [4.69, 9.17) is 21.8 Å². The van der Waals surface area contributed by atoms with Crippen molar-refractivity contribution in [1.82, 2.24) is 5.32 Å². The van der Waals surface area contributed by atoms with Crippen LogP contribution in [0.5, 0.6) is 0 Å². The summed E-state index contributed by atoms with van der Waals surface area (Å²) in [6.45, 7) is 2.81. The third-order valence-electron chi connectivity index (χ3n) is 5.54. The first-order valence-electron chi connectivity index (χ1n) is 11.3. The third kappa shape index (κ3) is 7.61. The van der Waals surface area contributed by atoms with Gasteiger partial charge in [0.05, 0.1) is 23.6 Å². The zero-order valence-corrected chi connectivity index (χ0v) is 19.6. The summed E-state index contributed by atoms with van der Waals surface area (Å²) in [7, 11) is 0. The predicted molar refractivity (Wildman–Crippen MR) is 135 cm³/mol. The molecule has 1 aliphatic rings. The van der Waals surface area contributed by atoms with Crippen LogP contribution in [0, 0.1) is 0 Å². The maximum Gasteiger partial charge on any atom is 0.303 e. The molecule has 7 heteroatoms. The molecule has 34 heavy (non-hydrogen) atoms. The second-order valence-electron chi connectivity index (χ2n) is 8.02. The van der Waals surface area contributed by atoms with Crippen molar-refractivity contribution in [1.29, 1.82) is 0 Å². The Morgan fingerprint density at radius 1 is 0.853 bits per heavy atom. The number of hydrogen-bond acceptors (Lipinski definition) is 4. The van der Waals surface area contributed by atoms with Gasteiger partial charge in [0.1, 0.15) is 0 Å². The van der Waals surface area contributed by atoms with Crippen molar-refractivity contribution in [3.05, 3.63) is 88.4 Å². The van der Waals surface area contributed by atoms with Crippen molar-refractivity contribution in [2.45, 2.75) is 32.2 Å². The number of fused-ring (bicyclic) bond motifs is 1. The Bertz CT molecular complexity index is 1100. The number of carbonyl (C=O) groups is 2. The van der Waals surface area contributed by atoms with Crippen molar-refractivity contribution in [3.63, 3.8) is 0 Å². The molecule has 6 nitrogen and oxygen atoms in total. The minimum atomic E-state index is -1.08. The van der Waals surface area contributed by atoms with E-state index < -0.39 is 11.9 Å². The highest BCUT2D eigenvalue weighted by atomic mass is 35.5. The average Bonchev–Trinajstić information content (AvgIpc) is 3.09. The summed E-state index contributed by atoms with van der Waals surface area (Å²) >= 11 is 6.52. The Morgan fingerprint density at radius 2 is 1.53 bits per heavy atom. The first-order chi connectivity index (χ1) is 16.4. The Labute approximate surface area is 204 Å². The van der Waals surface area contributed by atoms with E-state index in [1.165, 1.54) is 27.8 Å². The van der Waals surface area contributed by atoms with Crippen LogP contribution in [0.3, 0.4) is 0 Å². The maximum absolute atomic E-state index is 9.64. The first kappa shape index (κ1) is 25.3. The lowest BCUT2D eigenvalue weighted by Crippen LogP contribution is -2.16. The summed E-state index contributed by atoms with van der Waals surface area (Å²) in [4.78, 5) is 19.3. The molecule has 0 unspecified atom stereocenters. The lowest BCUT2D eigenvalue weighted by molar-refractivity contribution is -0.143. The highest BCUT2D eigenvalue weighted by Crippen LogP contribution is 2.31. The molecule has 0 spiro atoms. The number of hydrogen-bond donors (Lipinski definition) is 4. The van der Waals surface area contributed by atoms with Gasteiger partial charge in [0.25, 0.3) is 0 Å². The van der Waals surface area contributed by atoms with Gasteiger partial charge in [0.15, 0.2) is 0 Å². The largest absolute Gasteiger partial charge is 0.481 e. The van der Waals surface area contributed by atoms with E-state index in [0.717, 1.165) is 43.2 Å². The number of anilines is 1. The molecule has 0 fully saturated rings. The second kappa shape index (κ2) is 12.8. The number of carboxylic acid groups (broad SMARTS) is 2. The Hall–Kier alpha value is -3.35. The number of benzene rings is 3. The van der Waals surface area contributed by atoms with Crippen LogP contribution in [0.25, 0.3) is 11.1 Å². The molecule has 178 valence electrons. The minimum Gasteiger partial charge on any atom is -0.481 e. The van der Waals surface area contributed by atoms with Crippen molar-refractivity contribution < 1.29 is 19.8 Å². The van der Waals surface area contributed by atoms with Gasteiger partial charge >= 0.3 is 11.9 Å². The standard InChI is InChI=1S/C23H23ClN2.C4H6O4/c24-22-10-9-19-11-13-25-14-12-21(19)23(22)26-16-17-5-4-8-20(15-17)18-6-2-1-3-7-18;5-3(6)1-2-4(7)8/h1-10,15,25-26H,11-14,16H2;1-2H2,(H,5,6)(H,7,8). The van der Waals surface area contributed by atoms with Crippen LogP contribution in [0.2, 0.25) is 5.02 Å². The number of rotatable bonds is 7. The van der Waals surface area contributed by atoms with Crippen molar-refractivity contribution in [3.8, 4) is 11.1 Å². The molecule has 0 aliphatic carbocycles. The SMILES string of the molecule is Clc1ccc2c(c1NCc1cccc(-c3ccccc3)c1)CCNCC2.O=C(O)CCC(=O)O. The molecular formula is C27H29ClN2O4. The fourth-order valence-corrected chi connectivity index (χ4v) is 4.07. The topological polar surface area (TPSA) is 98.7 Å². The van der Waals surface area contributed by atoms with E-state index in [2.05, 4.69) is 65.2 Å². The van der Waals surface area contributed by atoms with Crippen molar-refractivity contribution in [2.24, 2.45) is 0 Å². The first-order valence-corrected chi connectivity index (χ1v) is 11.6. The van der Waals surface area contributed by atoms with Crippen LogP contribution >= 0.6 is 11.6 Å². The summed E-state index contributed by atoms with van der Waals surface area (Å²) in [5, 5.41) is 23.7. The van der Waals surface area contributed by atoms with Crippen LogP contribution in [-0.2, 0) is 29.0 Å². The minimum absolute atomic E-state index is 0.296. The van der Waals surface area contributed by atoms with Gasteiger partial charge in [-0.2, -0.15) is 0 Å². The highest BCUT2D eigenvalue weighted by molar-refractivity contribution is 6.33. The van der Waals surface area contributed by atoms with E-state index in [1.807, 2.05) is 12.1 Å². The molecule has 4 rings (SSSR count). The molecule has 0 saturated carbocycles. The van der Waals surface area contributed by atoms with Gasteiger partial charge in [-0.15, -0.1) is 0 Å². The normalized spacial score (nSPS) is 12.5. The summed E-state index contributed by atoms with van der Waals surface area (Å²) in [6, 6.07) is 23.4. The van der Waals surface area contributed by atoms with E-state index >= 15 is 0 Å². The highest BCUT2D eigenvalue weighted by Gasteiger charge is 2.14. The number of carboxylic acids is 2. The van der Waals surface area contributed by atoms with Gasteiger partial charge in [-0.25, -0.2) is 0 Å². The molecule has 0 atom stereocenters. The molecule has 0 amide bonds. The monoisotopic (exact) mass is 480 g/mol. The summed E-state index contributed by atoms with van der Waals surface area (Å²) < 4.78 is 0. The van der Waals surface area contributed by atoms with E-state index in [-0.39, 0.29) is 12.8 Å². The summed E-state index contributed by atoms with van der Waals surface area (Å²) in [5.41, 5.74) is 7.60. The molecule has 3 aromatic carbocycles. The zero-order valence-electron chi connectivity index (χ0n) is 18.9. The van der Waals surface area contributed by atoms with Gasteiger partial charge in [-0.3, -0.25) is 9.59 Å². The third-order valence-corrected chi connectivity index (χ3v) is 5.85. The maximum atomic E-state index is 9.64. The molecule has 4 N–H and O–H groups in total. The van der Waals surface area contributed by atoms with Crippen LogP contribution < -0.4 is 10.6 Å². The lowest BCUT2D eigenvalue weighted by atomic mass is 10.00. The van der Waals surface area contributed by atoms with Gasteiger partial charge in [-0.1, -0.05) is 66.2 Å². The molecule has 3 aromatic rings. The van der Waals surface area contributed by atoms with E-state index in [0.29, 0.717) is 0 Å². The quantitative estimate of drug-likeness (QED) is 0.369. The molecule has 1 heterocycles. The Kier molecular flexibility index (Phi) is 9.50. The predicted octanol–water partition coefficient (Wildman–Crippen LogP) is 5.24. The second-order valence-corrected chi connectivity index (χ2v) is 8.42. The van der Waals surface area contributed by atoms with Gasteiger partial charge in [-0.05, 0) is 65.9 Å². The number of aliphatic carboxylic acids is 2. The summed E-state index contributed by atoms with van der Waals surface area (Å²) in [6.07, 6.45) is 1.48. The van der Waals surface area contributed by atoms with Crippen LogP contribution in [0.4, 0.5) is 5.69 Å². The molecular weight excluding hydrogens is 452 g/mol. The van der Waals surface area contributed by atoms with Gasteiger partial charge in [0.2, 0.25) is 0 Å². The number of nitrogens with one attached hydrogen (secondary N) is 2.